The molecule has 2 rings (SSSR count). The van der Waals surface area contributed by atoms with E-state index in [0.717, 1.165) is 0 Å². The molecule has 0 unspecified atom stereocenters. The molecule has 0 N–H and O–H groups in total. The molecule has 0 spiro atoms. The second-order valence-electron chi connectivity index (χ2n) is 3.69. The van der Waals surface area contributed by atoms with E-state index >= 15 is 0 Å². The van der Waals surface area contributed by atoms with Gasteiger partial charge in [0.15, 0.2) is 5.78 Å². The number of hydrogen-bond donors (Lipinski definition) is 0. The first-order chi connectivity index (χ1) is 8.68. The van der Waals surface area contributed by atoms with Gasteiger partial charge in [-0.3, -0.25) is 19.9 Å². The average Bonchev–Trinajstić information content (AvgIpc) is 2.40. The summed E-state index contributed by atoms with van der Waals surface area (Å²) in [6, 6.07) is 11.5. The molecule has 0 fully saturated rings. The number of carbonyl (C=O) groups excluding carboxylic acids is 1. The summed E-state index contributed by atoms with van der Waals surface area (Å²) < 4.78 is 0. The maximum absolute atomic E-state index is 11.9. The van der Waals surface area contributed by atoms with E-state index in [9.17, 15) is 14.9 Å². The van der Waals surface area contributed by atoms with Gasteiger partial charge in [0.1, 0.15) is 5.69 Å². The number of carbonyl (C=O) groups is 1. The molecule has 0 saturated heterocycles. The average molecular weight is 242 g/mol. The largest absolute Gasteiger partial charge is 0.294 e. The Labute approximate surface area is 103 Å². The molecular formula is C13H10N2O3. The van der Waals surface area contributed by atoms with E-state index in [-0.39, 0.29) is 23.6 Å². The number of aromatic nitrogens is 1. The van der Waals surface area contributed by atoms with Crippen molar-refractivity contribution in [3.63, 3.8) is 0 Å². The minimum absolute atomic E-state index is 0.0683. The van der Waals surface area contributed by atoms with Gasteiger partial charge < -0.3 is 0 Å². The first-order valence-corrected chi connectivity index (χ1v) is 5.35. The van der Waals surface area contributed by atoms with E-state index in [0.29, 0.717) is 5.56 Å². The van der Waals surface area contributed by atoms with Gasteiger partial charge in [-0.1, -0.05) is 30.3 Å². The maximum atomic E-state index is 11.9. The number of pyridine rings is 1. The van der Waals surface area contributed by atoms with Crippen molar-refractivity contribution in [3.05, 3.63) is 70.0 Å². The summed E-state index contributed by atoms with van der Waals surface area (Å²) in [4.78, 5) is 26.1. The molecule has 1 aromatic heterocycles. The first kappa shape index (κ1) is 11.9. The fourth-order valence-corrected chi connectivity index (χ4v) is 1.61. The fraction of sp³-hybridized carbons (Fsp3) is 0.0769. The zero-order chi connectivity index (χ0) is 13.0. The van der Waals surface area contributed by atoms with Crippen LogP contribution in [0.2, 0.25) is 0 Å². The summed E-state index contributed by atoms with van der Waals surface area (Å²) in [7, 11) is 0. The summed E-state index contributed by atoms with van der Waals surface area (Å²) in [5, 5.41) is 10.8. The van der Waals surface area contributed by atoms with Crippen molar-refractivity contribution in [2.75, 3.05) is 0 Å². The minimum atomic E-state index is -0.527. The van der Waals surface area contributed by atoms with Gasteiger partial charge in [0.25, 0.3) is 5.69 Å². The highest BCUT2D eigenvalue weighted by Crippen LogP contribution is 2.17. The Morgan fingerprint density at radius 2 is 1.89 bits per heavy atom. The van der Waals surface area contributed by atoms with Crippen LogP contribution in [0.3, 0.4) is 0 Å². The van der Waals surface area contributed by atoms with Crippen LogP contribution in [0.25, 0.3) is 0 Å². The Hall–Kier alpha value is -2.56. The van der Waals surface area contributed by atoms with E-state index in [1.54, 1.807) is 30.3 Å². The number of benzene rings is 1. The van der Waals surface area contributed by atoms with Gasteiger partial charge in [-0.15, -0.1) is 0 Å². The van der Waals surface area contributed by atoms with Gasteiger partial charge in [-0.2, -0.15) is 0 Å². The Morgan fingerprint density at radius 3 is 2.56 bits per heavy atom. The molecule has 0 bridgehead atoms. The topological polar surface area (TPSA) is 73.1 Å². The van der Waals surface area contributed by atoms with E-state index in [2.05, 4.69) is 4.98 Å². The molecule has 1 aromatic carbocycles. The molecule has 18 heavy (non-hydrogen) atoms. The summed E-state index contributed by atoms with van der Waals surface area (Å²) in [6.07, 6.45) is 1.38. The molecule has 0 atom stereocenters. The van der Waals surface area contributed by atoms with Crippen LogP contribution in [0.15, 0.2) is 48.7 Å². The Balaban J connectivity index is 2.25. The van der Waals surface area contributed by atoms with Crippen LogP contribution in [0.4, 0.5) is 5.69 Å². The lowest BCUT2D eigenvalue weighted by Gasteiger charge is -2.01. The number of hydrogen-bond acceptors (Lipinski definition) is 4. The lowest BCUT2D eigenvalue weighted by molar-refractivity contribution is -0.385. The lowest BCUT2D eigenvalue weighted by atomic mass is 10.1. The molecule has 0 saturated carbocycles. The van der Waals surface area contributed by atoms with Gasteiger partial charge in [0, 0.05) is 17.8 Å². The fourth-order valence-electron chi connectivity index (χ4n) is 1.61. The zero-order valence-corrected chi connectivity index (χ0v) is 9.45. The van der Waals surface area contributed by atoms with Gasteiger partial charge in [0.2, 0.25) is 0 Å². The molecule has 0 aliphatic carbocycles. The molecular weight excluding hydrogens is 232 g/mol. The predicted molar refractivity (Wildman–Crippen MR) is 65.4 cm³/mol. The second-order valence-corrected chi connectivity index (χ2v) is 3.69. The van der Waals surface area contributed by atoms with Crippen molar-refractivity contribution in [2.24, 2.45) is 0 Å². The van der Waals surface area contributed by atoms with Crippen molar-refractivity contribution in [1.82, 2.24) is 4.98 Å². The number of Topliss-reactive ketones (excluding diaryl/α,β-unsaturated/α-hetero) is 1. The molecule has 1 heterocycles. The smallest absolute Gasteiger partial charge is 0.291 e. The standard InChI is InChI=1S/C13H10N2O3/c16-13(10-5-2-1-3-6-10)9-11-12(15(17)18)7-4-8-14-11/h1-8H,9H2. The Bertz CT molecular complexity index is 582. The first-order valence-electron chi connectivity index (χ1n) is 5.35. The summed E-state index contributed by atoms with van der Waals surface area (Å²) in [5.74, 6) is -0.183. The highest BCUT2D eigenvalue weighted by Gasteiger charge is 2.17. The van der Waals surface area contributed by atoms with Gasteiger partial charge in [-0.05, 0) is 6.07 Å². The van der Waals surface area contributed by atoms with Gasteiger partial charge >= 0.3 is 0 Å². The summed E-state index contributed by atoms with van der Waals surface area (Å²) in [6.45, 7) is 0. The minimum Gasteiger partial charge on any atom is -0.294 e. The van der Waals surface area contributed by atoms with E-state index in [1.165, 1.54) is 18.3 Å². The Kier molecular flexibility index (Phi) is 3.43. The third-order valence-corrected chi connectivity index (χ3v) is 2.49. The molecule has 5 nitrogen and oxygen atoms in total. The van der Waals surface area contributed by atoms with Crippen LogP contribution in [0, 0.1) is 10.1 Å². The number of rotatable bonds is 4. The van der Waals surface area contributed by atoms with Crippen molar-refractivity contribution in [3.8, 4) is 0 Å². The highest BCUT2D eigenvalue weighted by atomic mass is 16.6. The van der Waals surface area contributed by atoms with E-state index < -0.39 is 4.92 Å². The monoisotopic (exact) mass is 242 g/mol. The third kappa shape index (κ3) is 2.57. The molecule has 2 aromatic rings. The Morgan fingerprint density at radius 1 is 1.17 bits per heavy atom. The SMILES string of the molecule is O=C(Cc1ncccc1[N+](=O)[O-])c1ccccc1. The second kappa shape index (κ2) is 5.18. The summed E-state index contributed by atoms with van der Waals surface area (Å²) >= 11 is 0. The maximum Gasteiger partial charge on any atom is 0.291 e. The van der Waals surface area contributed by atoms with Crippen molar-refractivity contribution < 1.29 is 9.72 Å². The van der Waals surface area contributed by atoms with Crippen LogP contribution >= 0.6 is 0 Å². The van der Waals surface area contributed by atoms with Crippen molar-refractivity contribution in [1.29, 1.82) is 0 Å². The van der Waals surface area contributed by atoms with E-state index in [4.69, 9.17) is 0 Å². The quantitative estimate of drug-likeness (QED) is 0.469. The summed E-state index contributed by atoms with van der Waals surface area (Å²) in [5.41, 5.74) is 0.593. The van der Waals surface area contributed by atoms with Crippen LogP contribution in [0.1, 0.15) is 16.1 Å². The normalized spacial score (nSPS) is 10.0. The van der Waals surface area contributed by atoms with Crippen molar-refractivity contribution >= 4 is 11.5 Å². The van der Waals surface area contributed by atoms with Gasteiger partial charge in [-0.25, -0.2) is 0 Å². The number of ketones is 1. The third-order valence-electron chi connectivity index (χ3n) is 2.49. The molecule has 90 valence electrons. The lowest BCUT2D eigenvalue weighted by Crippen LogP contribution is -2.07. The number of nitro groups is 1. The molecule has 5 heteroatoms. The zero-order valence-electron chi connectivity index (χ0n) is 9.45. The molecule has 0 amide bonds. The van der Waals surface area contributed by atoms with Crippen LogP contribution < -0.4 is 0 Å². The van der Waals surface area contributed by atoms with Crippen LogP contribution in [0.5, 0.6) is 0 Å². The number of nitrogens with zero attached hydrogens (tertiary/aromatic N) is 2. The van der Waals surface area contributed by atoms with E-state index in [1.807, 2.05) is 0 Å². The molecule has 0 radical (unpaired) electrons. The van der Waals surface area contributed by atoms with Crippen LogP contribution in [-0.4, -0.2) is 15.7 Å². The van der Waals surface area contributed by atoms with Crippen LogP contribution in [-0.2, 0) is 6.42 Å². The molecule has 0 aliphatic heterocycles. The molecule has 0 aliphatic rings. The predicted octanol–water partition coefficient (Wildman–Crippen LogP) is 2.42. The highest BCUT2D eigenvalue weighted by molar-refractivity contribution is 5.97. The van der Waals surface area contributed by atoms with Gasteiger partial charge in [0.05, 0.1) is 11.3 Å². The van der Waals surface area contributed by atoms with Crippen molar-refractivity contribution in [2.45, 2.75) is 6.42 Å².